The zero-order valence-electron chi connectivity index (χ0n) is 14.5. The van der Waals surface area contributed by atoms with Gasteiger partial charge in [0.1, 0.15) is 24.0 Å². The van der Waals surface area contributed by atoms with E-state index in [2.05, 4.69) is 5.32 Å². The number of ether oxygens (including phenoxy) is 1. The van der Waals surface area contributed by atoms with Gasteiger partial charge in [0.15, 0.2) is 0 Å². The molecule has 3 rings (SSSR count). The molecule has 3 aromatic rings. The molecule has 0 bridgehead atoms. The van der Waals surface area contributed by atoms with Gasteiger partial charge >= 0.3 is 11.6 Å². The Hall–Kier alpha value is -3.61. The molecule has 0 radical (unpaired) electrons. The lowest BCUT2D eigenvalue weighted by molar-refractivity contribution is -0.146. The molecule has 1 heterocycles. The monoisotopic (exact) mass is 367 g/mol. The third kappa shape index (κ3) is 4.33. The van der Waals surface area contributed by atoms with Gasteiger partial charge in [-0.05, 0) is 31.2 Å². The second-order valence-electron chi connectivity index (χ2n) is 5.94. The summed E-state index contributed by atoms with van der Waals surface area (Å²) in [4.78, 5) is 35.9. The van der Waals surface area contributed by atoms with E-state index in [0.717, 1.165) is 0 Å². The fourth-order valence-electron chi connectivity index (χ4n) is 2.54. The maximum atomic E-state index is 12.2. The van der Waals surface area contributed by atoms with Crippen molar-refractivity contribution in [3.05, 3.63) is 76.1 Å². The second-order valence-corrected chi connectivity index (χ2v) is 5.94. The summed E-state index contributed by atoms with van der Waals surface area (Å²) in [5.41, 5.74) is 0.448. The Kier molecular flexibility index (Phi) is 5.21. The van der Waals surface area contributed by atoms with Crippen LogP contribution in [0.3, 0.4) is 0 Å². The maximum absolute atomic E-state index is 12.2. The molecule has 1 aromatic heterocycles. The molecule has 0 fully saturated rings. The molecule has 2 N–H and O–H groups in total. The minimum Gasteiger partial charge on any atom is -0.508 e. The number of hydrogen-bond donors (Lipinski definition) is 2. The number of fused-ring (bicyclic) bond motifs is 1. The van der Waals surface area contributed by atoms with Crippen molar-refractivity contribution in [2.45, 2.75) is 19.6 Å². The van der Waals surface area contributed by atoms with Gasteiger partial charge in [-0.15, -0.1) is 0 Å². The summed E-state index contributed by atoms with van der Waals surface area (Å²) in [6.45, 7) is 1.34. The van der Waals surface area contributed by atoms with Crippen LogP contribution in [0.1, 0.15) is 22.8 Å². The van der Waals surface area contributed by atoms with E-state index in [1.54, 1.807) is 36.4 Å². The highest BCUT2D eigenvalue weighted by molar-refractivity contribution is 5.96. The summed E-state index contributed by atoms with van der Waals surface area (Å²) < 4.78 is 10.2. The van der Waals surface area contributed by atoms with Crippen LogP contribution in [-0.2, 0) is 16.1 Å². The van der Waals surface area contributed by atoms with Crippen LogP contribution < -0.4 is 10.9 Å². The number of nitrogens with one attached hydrogen (secondary N) is 1. The molecule has 138 valence electrons. The first-order chi connectivity index (χ1) is 12.9. The fraction of sp³-hybridized carbons (Fsp3) is 0.150. The zero-order valence-corrected chi connectivity index (χ0v) is 14.5. The Labute approximate surface area is 154 Å². The van der Waals surface area contributed by atoms with Crippen LogP contribution in [0.2, 0.25) is 0 Å². The molecule has 0 unspecified atom stereocenters. The van der Waals surface area contributed by atoms with Crippen molar-refractivity contribution in [1.29, 1.82) is 0 Å². The average molecular weight is 367 g/mol. The van der Waals surface area contributed by atoms with E-state index >= 15 is 0 Å². The lowest BCUT2D eigenvalue weighted by Crippen LogP contribution is -2.39. The summed E-state index contributed by atoms with van der Waals surface area (Å²) >= 11 is 0. The number of carbonyl (C=O) groups excluding carboxylic acids is 2. The van der Waals surface area contributed by atoms with E-state index in [-0.39, 0.29) is 23.8 Å². The van der Waals surface area contributed by atoms with Crippen molar-refractivity contribution >= 4 is 22.8 Å². The van der Waals surface area contributed by atoms with Crippen LogP contribution in [0.25, 0.3) is 11.0 Å². The molecule has 0 aliphatic carbocycles. The number of aromatic hydroxyl groups is 1. The molecular weight excluding hydrogens is 350 g/mol. The van der Waals surface area contributed by atoms with Crippen molar-refractivity contribution < 1.29 is 23.8 Å². The normalized spacial score (nSPS) is 11.7. The van der Waals surface area contributed by atoms with E-state index < -0.39 is 17.6 Å². The molecule has 0 aliphatic rings. The van der Waals surface area contributed by atoms with Crippen LogP contribution >= 0.6 is 0 Å². The zero-order chi connectivity index (χ0) is 19.4. The predicted octanol–water partition coefficient (Wildman–Crippen LogP) is 2.36. The van der Waals surface area contributed by atoms with Gasteiger partial charge in [0.05, 0.1) is 0 Å². The molecule has 1 atom stereocenters. The highest BCUT2D eigenvalue weighted by Gasteiger charge is 2.18. The highest BCUT2D eigenvalue weighted by atomic mass is 16.5. The van der Waals surface area contributed by atoms with E-state index in [1.807, 2.05) is 0 Å². The molecule has 27 heavy (non-hydrogen) atoms. The minimum absolute atomic E-state index is 0.0444. The molecule has 1 amide bonds. The molecule has 0 spiro atoms. The SMILES string of the molecule is C[C@H](NC(=O)c1ccccc1)C(=O)OCc1cc(=O)oc2cc(O)ccc12. The Morgan fingerprint density at radius 1 is 1.15 bits per heavy atom. The van der Waals surface area contributed by atoms with Crippen molar-refractivity contribution in [1.82, 2.24) is 5.32 Å². The van der Waals surface area contributed by atoms with Gasteiger partial charge in [0.2, 0.25) is 0 Å². The molecule has 7 heteroatoms. The van der Waals surface area contributed by atoms with Crippen molar-refractivity contribution in [2.75, 3.05) is 0 Å². The third-order valence-electron chi connectivity index (χ3n) is 3.92. The summed E-state index contributed by atoms with van der Waals surface area (Å²) in [6, 6.07) is 13.2. The van der Waals surface area contributed by atoms with Crippen molar-refractivity contribution in [3.8, 4) is 5.75 Å². The summed E-state index contributed by atoms with van der Waals surface area (Å²) in [5, 5.41) is 12.6. The molecule has 0 saturated carbocycles. The highest BCUT2D eigenvalue weighted by Crippen LogP contribution is 2.22. The fourth-order valence-corrected chi connectivity index (χ4v) is 2.54. The number of phenolic OH excluding ortho intramolecular Hbond substituents is 1. The Morgan fingerprint density at radius 2 is 1.89 bits per heavy atom. The summed E-state index contributed by atoms with van der Waals surface area (Å²) in [6.07, 6.45) is 0. The molecule has 0 saturated heterocycles. The largest absolute Gasteiger partial charge is 0.508 e. The van der Waals surface area contributed by atoms with E-state index in [9.17, 15) is 19.5 Å². The smallest absolute Gasteiger partial charge is 0.336 e. The minimum atomic E-state index is -0.867. The van der Waals surface area contributed by atoms with Gasteiger partial charge in [-0.25, -0.2) is 9.59 Å². The van der Waals surface area contributed by atoms with Crippen LogP contribution in [0.5, 0.6) is 5.75 Å². The molecule has 0 aliphatic heterocycles. The van der Waals surface area contributed by atoms with Gasteiger partial charge in [0.25, 0.3) is 5.91 Å². The van der Waals surface area contributed by atoms with Crippen molar-refractivity contribution in [2.24, 2.45) is 0 Å². The van der Waals surface area contributed by atoms with Crippen LogP contribution in [0, 0.1) is 0 Å². The molecule has 2 aromatic carbocycles. The lowest BCUT2D eigenvalue weighted by atomic mass is 10.1. The standard InChI is InChI=1S/C20H17NO6/c1-12(21-19(24)13-5-3-2-4-6-13)20(25)26-11-14-9-18(23)27-17-10-15(22)7-8-16(14)17/h2-10,12,22H,11H2,1H3,(H,21,24)/t12-/m0/s1. The quantitative estimate of drug-likeness (QED) is 0.530. The topological polar surface area (TPSA) is 106 Å². The number of amides is 1. The first-order valence-electron chi connectivity index (χ1n) is 8.22. The molecule has 7 nitrogen and oxygen atoms in total. The Bertz CT molecular complexity index is 1040. The van der Waals surface area contributed by atoms with E-state index in [4.69, 9.17) is 9.15 Å². The lowest BCUT2D eigenvalue weighted by Gasteiger charge is -2.14. The predicted molar refractivity (Wildman–Crippen MR) is 97.3 cm³/mol. The summed E-state index contributed by atoms with van der Waals surface area (Å²) in [5.74, 6) is -1.07. The number of benzene rings is 2. The van der Waals surface area contributed by atoms with Gasteiger partial charge in [-0.1, -0.05) is 18.2 Å². The third-order valence-corrected chi connectivity index (χ3v) is 3.92. The average Bonchev–Trinajstić information content (AvgIpc) is 2.65. The Morgan fingerprint density at radius 3 is 2.63 bits per heavy atom. The van der Waals surface area contributed by atoms with E-state index in [0.29, 0.717) is 16.5 Å². The maximum Gasteiger partial charge on any atom is 0.336 e. The van der Waals surface area contributed by atoms with Gasteiger partial charge < -0.3 is 19.6 Å². The van der Waals surface area contributed by atoms with Crippen LogP contribution in [0.4, 0.5) is 0 Å². The summed E-state index contributed by atoms with van der Waals surface area (Å²) in [7, 11) is 0. The first-order valence-corrected chi connectivity index (χ1v) is 8.22. The van der Waals surface area contributed by atoms with Crippen molar-refractivity contribution in [3.63, 3.8) is 0 Å². The number of esters is 1. The van der Waals surface area contributed by atoms with Crippen LogP contribution in [0.15, 0.2) is 63.8 Å². The van der Waals surface area contributed by atoms with Gasteiger partial charge in [-0.3, -0.25) is 4.79 Å². The number of carbonyl (C=O) groups is 2. The number of phenols is 1. The van der Waals surface area contributed by atoms with Gasteiger partial charge in [-0.2, -0.15) is 0 Å². The number of hydrogen-bond acceptors (Lipinski definition) is 6. The Balaban J connectivity index is 1.68. The second kappa shape index (κ2) is 7.74. The number of rotatable bonds is 5. The first kappa shape index (κ1) is 18.2. The molecular formula is C20H17NO6. The van der Waals surface area contributed by atoms with E-state index in [1.165, 1.54) is 25.1 Å². The van der Waals surface area contributed by atoms with Gasteiger partial charge in [0, 0.05) is 28.6 Å². The van der Waals surface area contributed by atoms with Crippen LogP contribution in [-0.4, -0.2) is 23.0 Å².